The molecule has 0 amide bonds. The number of methoxy groups -OCH3 is 1. The predicted molar refractivity (Wildman–Crippen MR) is 81.6 cm³/mol. The van der Waals surface area contributed by atoms with Gasteiger partial charge >= 0.3 is 0 Å². The van der Waals surface area contributed by atoms with Crippen LogP contribution in [0.4, 0.5) is 10.1 Å². The third-order valence-electron chi connectivity index (χ3n) is 2.70. The fourth-order valence-electron chi connectivity index (χ4n) is 1.73. The molecule has 2 N–H and O–H groups in total. The summed E-state index contributed by atoms with van der Waals surface area (Å²) in [5.41, 5.74) is 6.65. The van der Waals surface area contributed by atoms with Crippen LogP contribution >= 0.6 is 15.9 Å². The molecule has 0 spiro atoms. The lowest BCUT2D eigenvalue weighted by Gasteiger charge is -2.08. The molecule has 0 heterocycles. The molecule has 0 aliphatic carbocycles. The van der Waals surface area contributed by atoms with Crippen molar-refractivity contribution in [1.82, 2.24) is 0 Å². The van der Waals surface area contributed by atoms with E-state index >= 15 is 0 Å². The maximum atomic E-state index is 13.3. The van der Waals surface area contributed by atoms with Gasteiger partial charge in [-0.05, 0) is 42.0 Å². The van der Waals surface area contributed by atoms with Crippen LogP contribution in [0.25, 0.3) is 0 Å². The lowest BCUT2D eigenvalue weighted by molar-refractivity contribution is 0.414. The third-order valence-corrected chi connectivity index (χ3v) is 4.80. The minimum absolute atomic E-state index is 0.251. The van der Waals surface area contributed by atoms with Crippen LogP contribution in [0, 0.1) is 5.82 Å². The van der Waals surface area contributed by atoms with Crippen LogP contribution in [0.5, 0.6) is 5.75 Å². The Balaban J connectivity index is 2.27. The molecular formula is C14H13BrFNO2S. The smallest absolute Gasteiger partial charge is 0.126 e. The minimum Gasteiger partial charge on any atom is -0.497 e. The number of rotatable bonds is 4. The van der Waals surface area contributed by atoms with Gasteiger partial charge < -0.3 is 10.5 Å². The Morgan fingerprint density at radius 3 is 2.70 bits per heavy atom. The van der Waals surface area contributed by atoms with Crippen molar-refractivity contribution in [2.24, 2.45) is 0 Å². The fraction of sp³-hybridized carbons (Fsp3) is 0.143. The van der Waals surface area contributed by atoms with Crippen LogP contribution < -0.4 is 10.5 Å². The Bertz CT molecular complexity index is 643. The second-order valence-electron chi connectivity index (χ2n) is 4.17. The molecule has 0 radical (unpaired) electrons. The summed E-state index contributed by atoms with van der Waals surface area (Å²) >= 11 is 3.40. The molecule has 0 fully saturated rings. The highest BCUT2D eigenvalue weighted by atomic mass is 79.9. The molecule has 0 saturated carbocycles. The van der Waals surface area contributed by atoms with Gasteiger partial charge in [-0.2, -0.15) is 0 Å². The lowest BCUT2D eigenvalue weighted by atomic mass is 10.2. The SMILES string of the molecule is COc1ccc(Br)c(CS(=O)c2cc(N)cc(F)c2)c1. The summed E-state index contributed by atoms with van der Waals surface area (Å²) in [7, 11) is 0.186. The average Bonchev–Trinajstić information content (AvgIpc) is 2.40. The second-order valence-corrected chi connectivity index (χ2v) is 6.47. The van der Waals surface area contributed by atoms with Gasteiger partial charge in [0, 0.05) is 15.1 Å². The molecule has 6 heteroatoms. The van der Waals surface area contributed by atoms with Gasteiger partial charge in [-0.1, -0.05) is 15.9 Å². The number of halogens is 2. The van der Waals surface area contributed by atoms with Crippen molar-refractivity contribution < 1.29 is 13.3 Å². The van der Waals surface area contributed by atoms with Crippen LogP contribution in [0.2, 0.25) is 0 Å². The van der Waals surface area contributed by atoms with E-state index in [2.05, 4.69) is 15.9 Å². The van der Waals surface area contributed by atoms with E-state index in [1.807, 2.05) is 6.07 Å². The van der Waals surface area contributed by atoms with Crippen LogP contribution in [0.3, 0.4) is 0 Å². The highest BCUT2D eigenvalue weighted by Gasteiger charge is 2.11. The molecule has 0 saturated heterocycles. The summed E-state index contributed by atoms with van der Waals surface area (Å²) in [6.45, 7) is 0. The quantitative estimate of drug-likeness (QED) is 0.852. The van der Waals surface area contributed by atoms with Crippen molar-refractivity contribution in [3.8, 4) is 5.75 Å². The first-order valence-corrected chi connectivity index (χ1v) is 7.87. The molecule has 2 aromatic rings. The number of nitrogens with two attached hydrogens (primary N) is 1. The number of ether oxygens (including phenoxy) is 1. The van der Waals surface area contributed by atoms with Crippen molar-refractivity contribution in [2.75, 3.05) is 12.8 Å². The Kier molecular flexibility index (Phi) is 4.77. The van der Waals surface area contributed by atoms with Crippen LogP contribution in [0.15, 0.2) is 45.8 Å². The van der Waals surface area contributed by atoms with E-state index in [0.29, 0.717) is 10.6 Å². The molecule has 20 heavy (non-hydrogen) atoms. The van der Waals surface area contributed by atoms with Crippen molar-refractivity contribution >= 4 is 32.4 Å². The highest BCUT2D eigenvalue weighted by molar-refractivity contribution is 9.10. The van der Waals surface area contributed by atoms with Gasteiger partial charge in [0.2, 0.25) is 0 Å². The first kappa shape index (κ1) is 15.0. The van der Waals surface area contributed by atoms with Crippen molar-refractivity contribution in [1.29, 1.82) is 0 Å². The van der Waals surface area contributed by atoms with Crippen LogP contribution in [0.1, 0.15) is 5.56 Å². The first-order valence-electron chi connectivity index (χ1n) is 5.76. The van der Waals surface area contributed by atoms with E-state index in [4.69, 9.17) is 10.5 Å². The molecule has 1 atom stereocenters. The van der Waals surface area contributed by atoms with Crippen molar-refractivity contribution in [3.05, 3.63) is 52.3 Å². The van der Waals surface area contributed by atoms with E-state index in [1.165, 1.54) is 18.2 Å². The maximum absolute atomic E-state index is 13.3. The zero-order valence-corrected chi connectivity index (χ0v) is 13.1. The van der Waals surface area contributed by atoms with E-state index in [1.54, 1.807) is 19.2 Å². The summed E-state index contributed by atoms with van der Waals surface area (Å²) in [6, 6.07) is 9.38. The van der Waals surface area contributed by atoms with E-state index in [9.17, 15) is 8.60 Å². The Labute approximate surface area is 127 Å². The van der Waals surface area contributed by atoms with Crippen LogP contribution in [-0.2, 0) is 16.6 Å². The topological polar surface area (TPSA) is 52.3 Å². The summed E-state index contributed by atoms with van der Waals surface area (Å²) in [5.74, 6) is 0.442. The zero-order valence-electron chi connectivity index (χ0n) is 10.7. The minimum atomic E-state index is -1.38. The highest BCUT2D eigenvalue weighted by Crippen LogP contribution is 2.25. The predicted octanol–water partition coefficient (Wildman–Crippen LogP) is 3.49. The first-order chi connectivity index (χ1) is 9.49. The summed E-state index contributed by atoms with van der Waals surface area (Å²) in [5, 5.41) is 0. The third kappa shape index (κ3) is 3.58. The number of nitrogen functional groups attached to an aromatic ring is 1. The molecule has 2 aromatic carbocycles. The average molecular weight is 358 g/mol. The fourth-order valence-corrected chi connectivity index (χ4v) is 3.50. The van der Waals surface area contributed by atoms with Crippen molar-refractivity contribution in [2.45, 2.75) is 10.6 Å². The number of hydrogen-bond acceptors (Lipinski definition) is 3. The Morgan fingerprint density at radius 1 is 1.30 bits per heavy atom. The molecule has 1 unspecified atom stereocenters. The standard InChI is InChI=1S/C14H13BrFNO2S/c1-19-12-2-3-14(15)9(4-12)8-20(18)13-6-10(16)5-11(17)7-13/h2-7H,8,17H2,1H3. The van der Waals surface area contributed by atoms with E-state index in [-0.39, 0.29) is 11.4 Å². The maximum Gasteiger partial charge on any atom is 0.126 e. The Morgan fingerprint density at radius 2 is 2.05 bits per heavy atom. The molecule has 0 aromatic heterocycles. The monoisotopic (exact) mass is 357 g/mol. The second kappa shape index (κ2) is 6.37. The summed E-state index contributed by atoms with van der Waals surface area (Å²) in [4.78, 5) is 0.372. The largest absolute Gasteiger partial charge is 0.497 e. The van der Waals surface area contributed by atoms with Gasteiger partial charge in [-0.25, -0.2) is 4.39 Å². The molecule has 106 valence electrons. The zero-order chi connectivity index (χ0) is 14.7. The molecule has 2 rings (SSSR count). The van der Waals surface area contributed by atoms with Gasteiger partial charge in [-0.3, -0.25) is 4.21 Å². The number of hydrogen-bond donors (Lipinski definition) is 1. The lowest BCUT2D eigenvalue weighted by Crippen LogP contribution is -2.00. The van der Waals surface area contributed by atoms with Gasteiger partial charge in [0.1, 0.15) is 11.6 Å². The van der Waals surface area contributed by atoms with Gasteiger partial charge in [-0.15, -0.1) is 0 Å². The molecule has 0 aliphatic heterocycles. The van der Waals surface area contributed by atoms with Gasteiger partial charge in [0.25, 0.3) is 0 Å². The number of anilines is 1. The van der Waals surface area contributed by atoms with E-state index < -0.39 is 16.6 Å². The van der Waals surface area contributed by atoms with Gasteiger partial charge in [0.15, 0.2) is 0 Å². The molecular weight excluding hydrogens is 345 g/mol. The van der Waals surface area contributed by atoms with Crippen LogP contribution in [-0.4, -0.2) is 11.3 Å². The molecule has 3 nitrogen and oxygen atoms in total. The number of benzene rings is 2. The molecule has 0 bridgehead atoms. The summed E-state index contributed by atoms with van der Waals surface area (Å²) in [6.07, 6.45) is 0. The molecule has 0 aliphatic rings. The Hall–Kier alpha value is -1.40. The van der Waals surface area contributed by atoms with E-state index in [0.717, 1.165) is 10.0 Å². The normalized spacial score (nSPS) is 12.2. The van der Waals surface area contributed by atoms with Crippen molar-refractivity contribution in [3.63, 3.8) is 0 Å². The van der Waals surface area contributed by atoms with Gasteiger partial charge in [0.05, 0.1) is 23.7 Å². The summed E-state index contributed by atoms with van der Waals surface area (Å²) < 4.78 is 31.5.